The quantitative estimate of drug-likeness (QED) is 0.642. The smallest absolute Gasteiger partial charge is 0.306 e. The molecule has 4 heteroatoms. The lowest BCUT2D eigenvalue weighted by molar-refractivity contribution is 0.248. The van der Waals surface area contributed by atoms with Crippen LogP contribution in [0.25, 0.3) is 10.8 Å². The number of hydrogen-bond acceptors (Lipinski definition) is 2. The predicted octanol–water partition coefficient (Wildman–Crippen LogP) is 3.67. The first-order valence-electron chi connectivity index (χ1n) is 7.14. The lowest BCUT2D eigenvalue weighted by Gasteiger charge is -2.11. The van der Waals surface area contributed by atoms with Gasteiger partial charge in [0.1, 0.15) is 0 Å². The van der Waals surface area contributed by atoms with Crippen LogP contribution in [0.5, 0.6) is 0 Å². The molecule has 0 unspecified atom stereocenters. The summed E-state index contributed by atoms with van der Waals surface area (Å²) in [6, 6.07) is 23.4. The zero-order valence-electron chi connectivity index (χ0n) is 12.0. The van der Waals surface area contributed by atoms with Crippen LogP contribution in [0, 0.1) is 0 Å². The topological polar surface area (TPSA) is 53.2 Å². The highest BCUT2D eigenvalue weighted by Gasteiger charge is 2.04. The minimum Gasteiger partial charge on any atom is -0.306 e. The number of hydrogen-bond donors (Lipinski definition) is 3. The van der Waals surface area contributed by atoms with Crippen LogP contribution in [0.3, 0.4) is 0 Å². The Bertz CT molecular complexity index is 766. The van der Waals surface area contributed by atoms with Crippen molar-refractivity contribution < 1.29 is 4.79 Å². The second kappa shape index (κ2) is 6.74. The number of urea groups is 1. The Labute approximate surface area is 129 Å². The maximum absolute atomic E-state index is 12.0. The summed E-state index contributed by atoms with van der Waals surface area (Å²) in [6.45, 7) is 0.573. The minimum absolute atomic E-state index is 0.285. The molecule has 3 rings (SSSR count). The number of carbonyl (C=O) groups excluding carboxylic acids is 1. The SMILES string of the molecule is O=C(NNCc1ccccc1)Nc1cccc2ccccc12. The summed E-state index contributed by atoms with van der Waals surface area (Å²) in [4.78, 5) is 12.0. The fraction of sp³-hybridized carbons (Fsp3) is 0.0556. The second-order valence-electron chi connectivity index (χ2n) is 4.94. The van der Waals surface area contributed by atoms with Gasteiger partial charge >= 0.3 is 6.03 Å². The molecule has 110 valence electrons. The summed E-state index contributed by atoms with van der Waals surface area (Å²) in [5.41, 5.74) is 7.45. The van der Waals surface area contributed by atoms with Crippen LogP contribution < -0.4 is 16.2 Å². The van der Waals surface area contributed by atoms with Gasteiger partial charge in [0.15, 0.2) is 0 Å². The van der Waals surface area contributed by atoms with E-state index < -0.39 is 0 Å². The van der Waals surface area contributed by atoms with Crippen LogP contribution in [0.15, 0.2) is 72.8 Å². The molecule has 22 heavy (non-hydrogen) atoms. The molecule has 3 aromatic rings. The van der Waals surface area contributed by atoms with E-state index >= 15 is 0 Å². The van der Waals surface area contributed by atoms with Gasteiger partial charge in [-0.05, 0) is 17.0 Å². The fourth-order valence-electron chi connectivity index (χ4n) is 2.31. The average molecular weight is 291 g/mol. The van der Waals surface area contributed by atoms with Crippen LogP contribution in [0.4, 0.5) is 10.5 Å². The van der Waals surface area contributed by atoms with Gasteiger partial charge in [0.2, 0.25) is 0 Å². The van der Waals surface area contributed by atoms with Crippen molar-refractivity contribution in [2.24, 2.45) is 0 Å². The largest absolute Gasteiger partial charge is 0.333 e. The van der Waals surface area contributed by atoms with Gasteiger partial charge in [0, 0.05) is 11.9 Å². The number of amides is 2. The summed E-state index contributed by atoms with van der Waals surface area (Å²) < 4.78 is 0. The zero-order valence-corrected chi connectivity index (χ0v) is 12.0. The number of rotatable bonds is 4. The normalized spacial score (nSPS) is 10.4. The lowest BCUT2D eigenvalue weighted by Crippen LogP contribution is -2.39. The Morgan fingerprint density at radius 1 is 0.818 bits per heavy atom. The highest BCUT2D eigenvalue weighted by Crippen LogP contribution is 2.22. The van der Waals surface area contributed by atoms with E-state index in [4.69, 9.17) is 0 Å². The molecule has 0 fully saturated rings. The average Bonchev–Trinajstić information content (AvgIpc) is 2.56. The van der Waals surface area contributed by atoms with Gasteiger partial charge in [-0.1, -0.05) is 66.7 Å². The third-order valence-corrected chi connectivity index (χ3v) is 3.38. The maximum atomic E-state index is 12.0. The Morgan fingerprint density at radius 2 is 1.55 bits per heavy atom. The van der Waals surface area contributed by atoms with Crippen molar-refractivity contribution >= 4 is 22.5 Å². The Kier molecular flexibility index (Phi) is 4.32. The lowest BCUT2D eigenvalue weighted by atomic mass is 10.1. The molecule has 0 atom stereocenters. The first-order chi connectivity index (χ1) is 10.8. The van der Waals surface area contributed by atoms with Crippen molar-refractivity contribution in [3.63, 3.8) is 0 Å². The first kappa shape index (κ1) is 14.1. The maximum Gasteiger partial charge on any atom is 0.333 e. The first-order valence-corrected chi connectivity index (χ1v) is 7.14. The Morgan fingerprint density at radius 3 is 2.41 bits per heavy atom. The van der Waals surface area contributed by atoms with Gasteiger partial charge in [-0.15, -0.1) is 0 Å². The number of carbonyl (C=O) groups is 1. The van der Waals surface area contributed by atoms with Crippen LogP contribution in [-0.2, 0) is 6.54 Å². The van der Waals surface area contributed by atoms with Gasteiger partial charge in [0.05, 0.1) is 5.69 Å². The number of fused-ring (bicyclic) bond motifs is 1. The van der Waals surface area contributed by atoms with Crippen molar-refractivity contribution in [1.82, 2.24) is 10.9 Å². The summed E-state index contributed by atoms with van der Waals surface area (Å²) in [5.74, 6) is 0. The van der Waals surface area contributed by atoms with Crippen molar-refractivity contribution in [1.29, 1.82) is 0 Å². The van der Waals surface area contributed by atoms with Crippen molar-refractivity contribution in [2.45, 2.75) is 6.54 Å². The van der Waals surface area contributed by atoms with Crippen molar-refractivity contribution in [3.05, 3.63) is 78.4 Å². The number of nitrogens with one attached hydrogen (secondary N) is 3. The predicted molar refractivity (Wildman–Crippen MR) is 89.4 cm³/mol. The van der Waals surface area contributed by atoms with Gasteiger partial charge in [0.25, 0.3) is 0 Å². The van der Waals surface area contributed by atoms with E-state index in [1.54, 1.807) is 0 Å². The standard InChI is InChI=1S/C18H17N3O/c22-18(21-19-13-14-7-2-1-3-8-14)20-17-12-6-10-15-9-4-5-11-16(15)17/h1-12,19H,13H2,(H2,20,21,22). The van der Waals surface area contributed by atoms with Crippen LogP contribution >= 0.6 is 0 Å². The molecule has 0 heterocycles. The van der Waals surface area contributed by atoms with Gasteiger partial charge < -0.3 is 5.32 Å². The van der Waals surface area contributed by atoms with E-state index in [9.17, 15) is 4.79 Å². The molecule has 0 aliphatic heterocycles. The molecule has 3 aromatic carbocycles. The monoisotopic (exact) mass is 291 g/mol. The molecule has 0 radical (unpaired) electrons. The molecule has 3 N–H and O–H groups in total. The number of hydrazine groups is 1. The van der Waals surface area contributed by atoms with E-state index in [1.807, 2.05) is 72.8 Å². The van der Waals surface area contributed by atoms with Crippen LogP contribution in [0.1, 0.15) is 5.56 Å². The number of benzene rings is 3. The molecule has 0 bridgehead atoms. The van der Waals surface area contributed by atoms with Gasteiger partial charge in [-0.25, -0.2) is 10.2 Å². The van der Waals surface area contributed by atoms with Crippen LogP contribution in [0.2, 0.25) is 0 Å². The molecule has 0 aliphatic rings. The fourth-order valence-corrected chi connectivity index (χ4v) is 2.31. The van der Waals surface area contributed by atoms with E-state index in [2.05, 4.69) is 16.2 Å². The molecule has 0 aromatic heterocycles. The highest BCUT2D eigenvalue weighted by molar-refractivity contribution is 6.01. The Hall–Kier alpha value is -2.85. The molecule has 0 aliphatic carbocycles. The molecular formula is C18H17N3O. The second-order valence-corrected chi connectivity index (χ2v) is 4.94. The van der Waals surface area contributed by atoms with Gasteiger partial charge in [-0.2, -0.15) is 0 Å². The van der Waals surface area contributed by atoms with E-state index in [0.717, 1.165) is 22.0 Å². The van der Waals surface area contributed by atoms with Crippen molar-refractivity contribution in [2.75, 3.05) is 5.32 Å². The number of anilines is 1. The van der Waals surface area contributed by atoms with E-state index in [-0.39, 0.29) is 6.03 Å². The molecule has 0 saturated carbocycles. The van der Waals surface area contributed by atoms with Crippen LogP contribution in [-0.4, -0.2) is 6.03 Å². The molecular weight excluding hydrogens is 274 g/mol. The third-order valence-electron chi connectivity index (χ3n) is 3.38. The molecule has 0 spiro atoms. The third kappa shape index (κ3) is 3.42. The van der Waals surface area contributed by atoms with Gasteiger partial charge in [-0.3, -0.25) is 5.43 Å². The molecule has 2 amide bonds. The van der Waals surface area contributed by atoms with E-state index in [0.29, 0.717) is 6.54 Å². The van der Waals surface area contributed by atoms with E-state index in [1.165, 1.54) is 0 Å². The minimum atomic E-state index is -0.285. The summed E-state index contributed by atoms with van der Waals surface area (Å²) in [7, 11) is 0. The highest BCUT2D eigenvalue weighted by atomic mass is 16.2. The summed E-state index contributed by atoms with van der Waals surface area (Å²) in [5, 5.41) is 4.97. The molecule has 4 nitrogen and oxygen atoms in total. The Balaban J connectivity index is 1.59. The molecule has 0 saturated heterocycles. The zero-order chi connectivity index (χ0) is 15.2. The van der Waals surface area contributed by atoms with Crippen molar-refractivity contribution in [3.8, 4) is 0 Å². The summed E-state index contributed by atoms with van der Waals surface area (Å²) >= 11 is 0. The summed E-state index contributed by atoms with van der Waals surface area (Å²) in [6.07, 6.45) is 0.